The first-order valence-electron chi connectivity index (χ1n) is 8.82. The summed E-state index contributed by atoms with van der Waals surface area (Å²) in [6, 6.07) is 11.1. The normalized spacial score (nSPS) is 15.8. The molecule has 1 atom stereocenters. The Morgan fingerprint density at radius 2 is 1.96 bits per heavy atom. The maximum Gasteiger partial charge on any atom is 0.254 e. The molecule has 0 fully saturated rings. The minimum atomic E-state index is -0.639. The number of nitrogens with zero attached hydrogens (tertiary/aromatic N) is 1. The van der Waals surface area contributed by atoms with Crippen LogP contribution in [-0.4, -0.2) is 18.4 Å². The Hall–Kier alpha value is -2.82. The molecule has 1 heterocycles. The van der Waals surface area contributed by atoms with Gasteiger partial charge in [0.15, 0.2) is 0 Å². The minimum absolute atomic E-state index is 0.116. The van der Waals surface area contributed by atoms with E-state index in [9.17, 15) is 9.59 Å². The molecule has 0 radical (unpaired) electrons. The summed E-state index contributed by atoms with van der Waals surface area (Å²) in [6.07, 6.45) is 0. The Balaban J connectivity index is 2.04. The second-order valence-corrected chi connectivity index (χ2v) is 6.62. The first kappa shape index (κ1) is 18.0. The summed E-state index contributed by atoms with van der Waals surface area (Å²) in [7, 11) is 0. The van der Waals surface area contributed by atoms with Gasteiger partial charge in [0.2, 0.25) is 5.91 Å². The Morgan fingerprint density at radius 3 is 2.65 bits per heavy atom. The summed E-state index contributed by atoms with van der Waals surface area (Å²) in [5.74, 6) is 0.442. The number of ether oxygens (including phenoxy) is 1. The molecule has 26 heavy (non-hydrogen) atoms. The van der Waals surface area contributed by atoms with E-state index in [1.165, 1.54) is 6.92 Å². The predicted octanol–water partition coefficient (Wildman–Crippen LogP) is 3.43. The summed E-state index contributed by atoms with van der Waals surface area (Å²) in [6.45, 7) is 8.33. The van der Waals surface area contributed by atoms with Gasteiger partial charge in [-0.25, -0.2) is 0 Å². The summed E-state index contributed by atoms with van der Waals surface area (Å²) in [4.78, 5) is 26.5. The monoisotopic (exact) mass is 352 g/mol. The van der Waals surface area contributed by atoms with Crippen LogP contribution < -0.4 is 15.0 Å². The fraction of sp³-hybridized carbons (Fsp3) is 0.333. The fourth-order valence-corrected chi connectivity index (χ4v) is 3.58. The molecule has 5 heteroatoms. The number of rotatable bonds is 5. The molecule has 1 N–H and O–H groups in total. The van der Waals surface area contributed by atoms with E-state index >= 15 is 0 Å². The van der Waals surface area contributed by atoms with Crippen molar-refractivity contribution in [1.29, 1.82) is 0 Å². The topological polar surface area (TPSA) is 58.6 Å². The quantitative estimate of drug-likeness (QED) is 0.897. The molecule has 0 bridgehead atoms. The summed E-state index contributed by atoms with van der Waals surface area (Å²) < 4.78 is 5.70. The highest BCUT2D eigenvalue weighted by atomic mass is 16.5. The number of aryl methyl sites for hydroxylation is 2. The highest BCUT2D eigenvalue weighted by Crippen LogP contribution is 2.40. The van der Waals surface area contributed by atoms with Gasteiger partial charge in [0.25, 0.3) is 5.91 Å². The van der Waals surface area contributed by atoms with Gasteiger partial charge in [-0.1, -0.05) is 35.9 Å². The highest BCUT2D eigenvalue weighted by molar-refractivity contribution is 6.06. The first-order valence-corrected chi connectivity index (χ1v) is 8.82. The number of hydrogen-bond acceptors (Lipinski definition) is 3. The molecule has 2 aromatic carbocycles. The zero-order valence-corrected chi connectivity index (χ0v) is 15.6. The smallest absolute Gasteiger partial charge is 0.254 e. The highest BCUT2D eigenvalue weighted by Gasteiger charge is 2.39. The van der Waals surface area contributed by atoms with Gasteiger partial charge in [-0.05, 0) is 32.4 Å². The molecule has 0 aromatic heterocycles. The van der Waals surface area contributed by atoms with Gasteiger partial charge in [-0.3, -0.25) is 9.59 Å². The Labute approximate surface area is 154 Å². The minimum Gasteiger partial charge on any atom is -0.494 e. The molecule has 1 aliphatic heterocycles. The molecule has 0 saturated carbocycles. The van der Waals surface area contributed by atoms with Gasteiger partial charge < -0.3 is 15.0 Å². The van der Waals surface area contributed by atoms with Gasteiger partial charge >= 0.3 is 0 Å². The molecule has 1 unspecified atom stereocenters. The van der Waals surface area contributed by atoms with E-state index in [-0.39, 0.29) is 11.8 Å². The molecule has 3 rings (SSSR count). The van der Waals surface area contributed by atoms with Crippen LogP contribution in [0.25, 0.3) is 0 Å². The maximum absolute atomic E-state index is 13.1. The second kappa shape index (κ2) is 7.20. The summed E-state index contributed by atoms with van der Waals surface area (Å²) in [5.41, 5.74) is 4.77. The van der Waals surface area contributed by atoms with Crippen LogP contribution in [0.2, 0.25) is 0 Å². The lowest BCUT2D eigenvalue weighted by molar-refractivity contribution is -0.126. The van der Waals surface area contributed by atoms with Crippen molar-refractivity contribution >= 4 is 17.5 Å². The zero-order valence-electron chi connectivity index (χ0n) is 15.6. The number of para-hydroxylation sites is 1. The van der Waals surface area contributed by atoms with Crippen molar-refractivity contribution in [2.24, 2.45) is 0 Å². The third-order valence-electron chi connectivity index (χ3n) is 4.52. The van der Waals surface area contributed by atoms with Gasteiger partial charge in [0, 0.05) is 18.1 Å². The van der Waals surface area contributed by atoms with E-state index in [4.69, 9.17) is 4.74 Å². The molecule has 1 aliphatic rings. The van der Waals surface area contributed by atoms with Crippen LogP contribution in [0.1, 0.15) is 42.1 Å². The molecular formula is C21H24N2O3. The van der Waals surface area contributed by atoms with E-state index in [0.717, 1.165) is 33.7 Å². The largest absolute Gasteiger partial charge is 0.494 e. The molecule has 136 valence electrons. The Kier molecular flexibility index (Phi) is 4.98. The molecule has 0 spiro atoms. The maximum atomic E-state index is 13.1. The fourth-order valence-electron chi connectivity index (χ4n) is 3.58. The number of benzene rings is 2. The number of fused-ring (bicyclic) bond motifs is 1. The number of anilines is 1. The van der Waals surface area contributed by atoms with Crippen LogP contribution in [0.5, 0.6) is 5.75 Å². The van der Waals surface area contributed by atoms with Crippen LogP contribution in [0.4, 0.5) is 5.69 Å². The Bertz CT molecular complexity index is 860. The molecule has 0 saturated heterocycles. The van der Waals surface area contributed by atoms with Crippen LogP contribution in [0.15, 0.2) is 36.4 Å². The number of carbonyl (C=O) groups is 2. The van der Waals surface area contributed by atoms with Crippen molar-refractivity contribution in [3.8, 4) is 5.75 Å². The van der Waals surface area contributed by atoms with Crippen molar-refractivity contribution in [1.82, 2.24) is 5.32 Å². The number of hydrogen-bond donors (Lipinski definition) is 1. The van der Waals surface area contributed by atoms with Crippen molar-refractivity contribution in [2.75, 3.05) is 11.5 Å². The molecule has 2 amide bonds. The zero-order chi connectivity index (χ0) is 18.8. The van der Waals surface area contributed by atoms with E-state index in [0.29, 0.717) is 13.2 Å². The van der Waals surface area contributed by atoms with Crippen molar-refractivity contribution in [2.45, 2.75) is 40.3 Å². The standard InChI is InChI=1S/C21H24N2O3/c1-5-26-18-9-7-6-8-16(18)12-23-20-14(3)10-13(2)11-17(20)19(21(23)25)22-15(4)24/h6-11,19H,5,12H2,1-4H3,(H,22,24). The van der Waals surface area contributed by atoms with Crippen molar-refractivity contribution in [3.63, 3.8) is 0 Å². The Morgan fingerprint density at radius 1 is 1.23 bits per heavy atom. The van der Waals surface area contributed by atoms with Crippen LogP contribution in [0, 0.1) is 13.8 Å². The molecular weight excluding hydrogens is 328 g/mol. The van der Waals surface area contributed by atoms with Crippen LogP contribution >= 0.6 is 0 Å². The average Bonchev–Trinajstić information content (AvgIpc) is 2.82. The SMILES string of the molecule is CCOc1ccccc1CN1C(=O)C(NC(C)=O)c2cc(C)cc(C)c21. The van der Waals surface area contributed by atoms with E-state index < -0.39 is 6.04 Å². The van der Waals surface area contributed by atoms with Gasteiger partial charge in [0.1, 0.15) is 11.8 Å². The second-order valence-electron chi connectivity index (χ2n) is 6.62. The van der Waals surface area contributed by atoms with E-state index in [1.54, 1.807) is 4.90 Å². The van der Waals surface area contributed by atoms with E-state index in [1.807, 2.05) is 51.1 Å². The van der Waals surface area contributed by atoms with Gasteiger partial charge in [-0.15, -0.1) is 0 Å². The summed E-state index contributed by atoms with van der Waals surface area (Å²) in [5, 5.41) is 2.80. The predicted molar refractivity (Wildman–Crippen MR) is 101 cm³/mol. The lowest BCUT2D eigenvalue weighted by Gasteiger charge is -2.21. The number of amides is 2. The van der Waals surface area contributed by atoms with E-state index in [2.05, 4.69) is 11.4 Å². The van der Waals surface area contributed by atoms with Gasteiger partial charge in [0.05, 0.1) is 18.8 Å². The lowest BCUT2D eigenvalue weighted by Crippen LogP contribution is -2.36. The van der Waals surface area contributed by atoms with Crippen molar-refractivity contribution < 1.29 is 14.3 Å². The molecule has 5 nitrogen and oxygen atoms in total. The third-order valence-corrected chi connectivity index (χ3v) is 4.52. The lowest BCUT2D eigenvalue weighted by atomic mass is 10.0. The van der Waals surface area contributed by atoms with Crippen LogP contribution in [0.3, 0.4) is 0 Å². The van der Waals surface area contributed by atoms with Crippen LogP contribution in [-0.2, 0) is 16.1 Å². The summed E-state index contributed by atoms with van der Waals surface area (Å²) >= 11 is 0. The number of nitrogens with one attached hydrogen (secondary N) is 1. The first-order chi connectivity index (χ1) is 12.4. The average molecular weight is 352 g/mol. The number of carbonyl (C=O) groups excluding carboxylic acids is 2. The third kappa shape index (κ3) is 3.29. The van der Waals surface area contributed by atoms with Gasteiger partial charge in [-0.2, -0.15) is 0 Å². The molecule has 0 aliphatic carbocycles. The molecule has 2 aromatic rings. The van der Waals surface area contributed by atoms with Crippen molar-refractivity contribution in [3.05, 3.63) is 58.7 Å².